The Morgan fingerprint density at radius 1 is 1.12 bits per heavy atom. The highest BCUT2D eigenvalue weighted by atomic mass is 32.2. The molecule has 4 aromatic rings. The van der Waals surface area contributed by atoms with Gasteiger partial charge >= 0.3 is 0 Å². The topological polar surface area (TPSA) is 72.9 Å². The summed E-state index contributed by atoms with van der Waals surface area (Å²) in [6, 6.07) is 20.6. The third-order valence-corrected chi connectivity index (χ3v) is 7.00. The molecule has 2 heterocycles. The van der Waals surface area contributed by atoms with Crippen LogP contribution in [0, 0.1) is 6.92 Å². The van der Waals surface area contributed by atoms with Crippen molar-refractivity contribution in [3.8, 4) is 11.4 Å². The number of rotatable bonds is 7. The summed E-state index contributed by atoms with van der Waals surface area (Å²) in [7, 11) is 0. The molecule has 0 radical (unpaired) electrons. The highest BCUT2D eigenvalue weighted by molar-refractivity contribution is 7.99. The van der Waals surface area contributed by atoms with Gasteiger partial charge in [-0.25, -0.2) is 0 Å². The van der Waals surface area contributed by atoms with Gasteiger partial charge in [0.25, 0.3) is 0 Å². The van der Waals surface area contributed by atoms with E-state index in [0.717, 1.165) is 42.0 Å². The van der Waals surface area contributed by atoms with E-state index in [9.17, 15) is 4.79 Å². The van der Waals surface area contributed by atoms with Crippen molar-refractivity contribution in [1.29, 1.82) is 0 Å². The molecule has 1 amide bonds. The Hall–Kier alpha value is -3.32. The number of hydrogen-bond acceptors (Lipinski definition) is 5. The van der Waals surface area contributed by atoms with Gasteiger partial charge in [0.2, 0.25) is 5.91 Å². The Morgan fingerprint density at radius 2 is 1.94 bits per heavy atom. The molecule has 5 rings (SSSR count). The lowest BCUT2D eigenvalue weighted by Crippen LogP contribution is -2.32. The first-order chi connectivity index (χ1) is 16.2. The van der Waals surface area contributed by atoms with Crippen molar-refractivity contribution in [3.63, 3.8) is 0 Å². The SMILES string of the molecule is Cc1occc1-c1nnc(SCC(=O)N[C@@H]2CCCc3ccccc32)n1Cc1ccccc1. The van der Waals surface area contributed by atoms with Crippen LogP contribution in [0.1, 0.15) is 41.3 Å². The van der Waals surface area contributed by atoms with Crippen molar-refractivity contribution in [2.24, 2.45) is 0 Å². The summed E-state index contributed by atoms with van der Waals surface area (Å²) in [5.41, 5.74) is 4.63. The minimum Gasteiger partial charge on any atom is -0.469 e. The molecule has 0 saturated carbocycles. The first-order valence-corrected chi connectivity index (χ1v) is 12.2. The van der Waals surface area contributed by atoms with E-state index in [0.29, 0.717) is 11.7 Å². The number of amides is 1. The monoisotopic (exact) mass is 458 g/mol. The zero-order valence-electron chi connectivity index (χ0n) is 18.5. The second kappa shape index (κ2) is 9.67. The van der Waals surface area contributed by atoms with Gasteiger partial charge in [0.05, 0.1) is 30.2 Å². The van der Waals surface area contributed by atoms with Gasteiger partial charge in [0.1, 0.15) is 5.76 Å². The van der Waals surface area contributed by atoms with E-state index < -0.39 is 0 Å². The standard InChI is InChI=1S/C26H26N4O2S/c1-18-21(14-15-32-18)25-28-29-26(30(25)16-19-8-3-2-4-9-19)33-17-24(31)27-23-13-7-11-20-10-5-6-12-22(20)23/h2-6,8-10,12,14-15,23H,7,11,13,16-17H2,1H3,(H,27,31)/t23-/m1/s1. The molecule has 2 aromatic heterocycles. The number of fused-ring (bicyclic) bond motifs is 1. The third kappa shape index (κ3) is 4.73. The first-order valence-electron chi connectivity index (χ1n) is 11.2. The van der Waals surface area contributed by atoms with E-state index in [4.69, 9.17) is 4.42 Å². The third-order valence-electron chi connectivity index (χ3n) is 6.04. The number of nitrogens with zero attached hydrogens (tertiary/aromatic N) is 3. The molecule has 7 heteroatoms. The van der Waals surface area contributed by atoms with Crippen molar-refractivity contribution >= 4 is 17.7 Å². The van der Waals surface area contributed by atoms with E-state index in [2.05, 4.69) is 50.4 Å². The van der Waals surface area contributed by atoms with Gasteiger partial charge in [-0.05, 0) is 48.9 Å². The summed E-state index contributed by atoms with van der Waals surface area (Å²) in [6.45, 7) is 2.53. The van der Waals surface area contributed by atoms with Crippen LogP contribution in [-0.4, -0.2) is 26.4 Å². The normalized spacial score (nSPS) is 15.2. The molecule has 2 aromatic carbocycles. The Bertz CT molecular complexity index is 1250. The maximum Gasteiger partial charge on any atom is 0.230 e. The van der Waals surface area contributed by atoms with Crippen LogP contribution in [0.3, 0.4) is 0 Å². The number of carbonyl (C=O) groups excluding carboxylic acids is 1. The van der Waals surface area contributed by atoms with Crippen LogP contribution in [0.15, 0.2) is 76.5 Å². The minimum absolute atomic E-state index is 0.0111. The van der Waals surface area contributed by atoms with Gasteiger partial charge < -0.3 is 9.73 Å². The summed E-state index contributed by atoms with van der Waals surface area (Å²) in [4.78, 5) is 12.8. The van der Waals surface area contributed by atoms with Crippen molar-refractivity contribution in [2.45, 2.75) is 43.9 Å². The van der Waals surface area contributed by atoms with E-state index in [-0.39, 0.29) is 17.7 Å². The number of thioether (sulfide) groups is 1. The molecular weight excluding hydrogens is 432 g/mol. The van der Waals surface area contributed by atoms with Gasteiger partial charge in [0.15, 0.2) is 11.0 Å². The number of aromatic nitrogens is 3. The van der Waals surface area contributed by atoms with Crippen LogP contribution in [0.25, 0.3) is 11.4 Å². The molecule has 0 unspecified atom stereocenters. The van der Waals surface area contributed by atoms with Gasteiger partial charge in [-0.2, -0.15) is 0 Å². The van der Waals surface area contributed by atoms with Gasteiger partial charge in [0, 0.05) is 0 Å². The highest BCUT2D eigenvalue weighted by Gasteiger charge is 2.23. The van der Waals surface area contributed by atoms with Crippen LogP contribution < -0.4 is 5.32 Å². The lowest BCUT2D eigenvalue weighted by molar-refractivity contribution is -0.119. The van der Waals surface area contributed by atoms with Crippen molar-refractivity contribution < 1.29 is 9.21 Å². The molecule has 0 saturated heterocycles. The molecule has 1 aliphatic carbocycles. The van der Waals surface area contributed by atoms with E-state index >= 15 is 0 Å². The lowest BCUT2D eigenvalue weighted by Gasteiger charge is -2.26. The quantitative estimate of drug-likeness (QED) is 0.386. The zero-order valence-corrected chi connectivity index (χ0v) is 19.3. The van der Waals surface area contributed by atoms with Crippen LogP contribution in [0.5, 0.6) is 0 Å². The molecule has 0 aliphatic heterocycles. The first kappa shape index (κ1) is 21.5. The second-order valence-electron chi connectivity index (χ2n) is 8.27. The average Bonchev–Trinajstić information content (AvgIpc) is 3.44. The maximum absolute atomic E-state index is 12.8. The summed E-state index contributed by atoms with van der Waals surface area (Å²) in [5.74, 6) is 1.84. The molecule has 33 heavy (non-hydrogen) atoms. The fraction of sp³-hybridized carbons (Fsp3) is 0.269. The maximum atomic E-state index is 12.8. The molecule has 0 fully saturated rings. The van der Waals surface area contributed by atoms with Crippen molar-refractivity contribution in [2.75, 3.05) is 5.75 Å². The summed E-state index contributed by atoms with van der Waals surface area (Å²) in [6.07, 6.45) is 4.81. The number of carbonyl (C=O) groups is 1. The summed E-state index contributed by atoms with van der Waals surface area (Å²) < 4.78 is 7.55. The van der Waals surface area contributed by atoms with Crippen LogP contribution in [-0.2, 0) is 17.8 Å². The highest BCUT2D eigenvalue weighted by Crippen LogP contribution is 2.30. The van der Waals surface area contributed by atoms with Gasteiger partial charge in [-0.3, -0.25) is 9.36 Å². The molecule has 1 atom stereocenters. The predicted octanol–water partition coefficient (Wildman–Crippen LogP) is 5.18. The van der Waals surface area contributed by atoms with E-state index in [1.807, 2.05) is 37.3 Å². The largest absolute Gasteiger partial charge is 0.469 e. The predicted molar refractivity (Wildman–Crippen MR) is 129 cm³/mol. The Labute approximate surface area is 197 Å². The Balaban J connectivity index is 1.33. The smallest absolute Gasteiger partial charge is 0.230 e. The molecular formula is C26H26N4O2S. The Kier molecular flexibility index (Phi) is 6.30. The van der Waals surface area contributed by atoms with Crippen LogP contribution in [0.4, 0.5) is 0 Å². The van der Waals surface area contributed by atoms with E-state index in [1.54, 1.807) is 6.26 Å². The molecule has 1 N–H and O–H groups in total. The molecule has 168 valence electrons. The molecule has 0 bridgehead atoms. The van der Waals surface area contributed by atoms with Crippen molar-refractivity contribution in [3.05, 3.63) is 89.4 Å². The summed E-state index contributed by atoms with van der Waals surface area (Å²) >= 11 is 1.41. The number of nitrogens with one attached hydrogen (secondary N) is 1. The minimum atomic E-state index is 0.0111. The van der Waals surface area contributed by atoms with Gasteiger partial charge in [-0.15, -0.1) is 10.2 Å². The molecule has 1 aliphatic rings. The molecule has 0 spiro atoms. The molecule has 6 nitrogen and oxygen atoms in total. The lowest BCUT2D eigenvalue weighted by atomic mass is 9.88. The Morgan fingerprint density at radius 3 is 2.76 bits per heavy atom. The number of hydrogen-bond donors (Lipinski definition) is 1. The zero-order chi connectivity index (χ0) is 22.6. The fourth-order valence-electron chi connectivity index (χ4n) is 4.39. The van der Waals surface area contributed by atoms with Crippen LogP contribution >= 0.6 is 11.8 Å². The van der Waals surface area contributed by atoms with Crippen LogP contribution in [0.2, 0.25) is 0 Å². The van der Waals surface area contributed by atoms with Crippen molar-refractivity contribution in [1.82, 2.24) is 20.1 Å². The number of benzene rings is 2. The summed E-state index contributed by atoms with van der Waals surface area (Å²) in [5, 5.41) is 12.8. The van der Waals surface area contributed by atoms with E-state index in [1.165, 1.54) is 22.9 Å². The number of aryl methyl sites for hydroxylation is 2. The van der Waals surface area contributed by atoms with Gasteiger partial charge in [-0.1, -0.05) is 66.4 Å². The second-order valence-corrected chi connectivity index (χ2v) is 9.21. The fourth-order valence-corrected chi connectivity index (χ4v) is 5.14. The average molecular weight is 459 g/mol. The number of furan rings is 1.